The third-order valence-electron chi connectivity index (χ3n) is 3.06. The zero-order chi connectivity index (χ0) is 13.2. The zero-order valence-corrected chi connectivity index (χ0v) is 11.6. The van der Waals surface area contributed by atoms with Gasteiger partial charge in [-0.15, -0.1) is 11.3 Å². The fourth-order valence-corrected chi connectivity index (χ4v) is 3.10. The fourth-order valence-electron chi connectivity index (χ4n) is 2.16. The highest BCUT2D eigenvalue weighted by atomic mass is 35.5. The number of rotatable bonds is 2. The van der Waals surface area contributed by atoms with E-state index in [0.29, 0.717) is 15.8 Å². The Morgan fingerprint density at radius 3 is 2.95 bits per heavy atom. The van der Waals surface area contributed by atoms with E-state index in [1.165, 1.54) is 11.3 Å². The van der Waals surface area contributed by atoms with E-state index >= 15 is 0 Å². The van der Waals surface area contributed by atoms with Gasteiger partial charge in [0, 0.05) is 12.0 Å². The van der Waals surface area contributed by atoms with Crippen molar-refractivity contribution in [1.29, 1.82) is 0 Å². The SMILES string of the molecule is O=C(N[C@H]1CCOc2ccccc21)c1ccc(Cl)s1. The summed E-state index contributed by atoms with van der Waals surface area (Å²) in [5, 5.41) is 3.04. The van der Waals surface area contributed by atoms with Crippen molar-refractivity contribution in [2.45, 2.75) is 12.5 Å². The Hall–Kier alpha value is -1.52. The summed E-state index contributed by atoms with van der Waals surface area (Å²) in [5.41, 5.74) is 1.03. The van der Waals surface area contributed by atoms with Gasteiger partial charge in [0.1, 0.15) is 5.75 Å². The van der Waals surface area contributed by atoms with E-state index in [9.17, 15) is 4.79 Å². The molecule has 0 unspecified atom stereocenters. The number of nitrogens with one attached hydrogen (secondary N) is 1. The topological polar surface area (TPSA) is 38.3 Å². The van der Waals surface area contributed by atoms with Crippen LogP contribution in [0.2, 0.25) is 4.34 Å². The zero-order valence-electron chi connectivity index (χ0n) is 10.1. The molecular weight excluding hydrogens is 282 g/mol. The number of fused-ring (bicyclic) bond motifs is 1. The molecule has 0 saturated heterocycles. The van der Waals surface area contributed by atoms with Crippen molar-refractivity contribution in [3.8, 4) is 5.75 Å². The Morgan fingerprint density at radius 1 is 1.32 bits per heavy atom. The highest BCUT2D eigenvalue weighted by molar-refractivity contribution is 7.17. The first-order chi connectivity index (χ1) is 9.24. The molecule has 19 heavy (non-hydrogen) atoms. The van der Waals surface area contributed by atoms with E-state index in [-0.39, 0.29) is 11.9 Å². The minimum absolute atomic E-state index is 0.00155. The molecule has 1 aliphatic rings. The van der Waals surface area contributed by atoms with E-state index < -0.39 is 0 Å². The molecule has 3 rings (SSSR count). The van der Waals surface area contributed by atoms with Gasteiger partial charge >= 0.3 is 0 Å². The molecule has 0 radical (unpaired) electrons. The molecule has 1 N–H and O–H groups in total. The van der Waals surface area contributed by atoms with Crippen molar-refractivity contribution in [3.63, 3.8) is 0 Å². The number of carbonyl (C=O) groups is 1. The lowest BCUT2D eigenvalue weighted by atomic mass is 10.0. The molecule has 1 atom stereocenters. The molecule has 0 saturated carbocycles. The van der Waals surface area contributed by atoms with Crippen LogP contribution in [-0.4, -0.2) is 12.5 Å². The molecule has 98 valence electrons. The maximum Gasteiger partial charge on any atom is 0.261 e. The number of amides is 1. The molecule has 0 spiro atoms. The first kappa shape index (κ1) is 12.5. The predicted molar refractivity (Wildman–Crippen MR) is 76.1 cm³/mol. The van der Waals surface area contributed by atoms with Crippen LogP contribution in [0.25, 0.3) is 0 Å². The first-order valence-electron chi connectivity index (χ1n) is 6.02. The van der Waals surface area contributed by atoms with Crippen LogP contribution in [0.15, 0.2) is 36.4 Å². The van der Waals surface area contributed by atoms with Crippen molar-refractivity contribution < 1.29 is 9.53 Å². The number of para-hydroxylation sites is 1. The molecule has 5 heteroatoms. The van der Waals surface area contributed by atoms with Crippen molar-refractivity contribution in [1.82, 2.24) is 5.32 Å². The summed E-state index contributed by atoms with van der Waals surface area (Å²) in [6.07, 6.45) is 0.780. The second-order valence-corrected chi connectivity index (χ2v) is 6.02. The highest BCUT2D eigenvalue weighted by Crippen LogP contribution is 2.32. The predicted octanol–water partition coefficient (Wildman–Crippen LogP) is 3.66. The van der Waals surface area contributed by atoms with Gasteiger partial charge in [-0.1, -0.05) is 29.8 Å². The third kappa shape index (κ3) is 2.60. The van der Waals surface area contributed by atoms with Crippen molar-refractivity contribution >= 4 is 28.8 Å². The summed E-state index contributed by atoms with van der Waals surface area (Å²) in [6, 6.07) is 11.3. The quantitative estimate of drug-likeness (QED) is 0.918. The lowest BCUT2D eigenvalue weighted by Gasteiger charge is -2.26. The molecule has 1 amide bonds. The van der Waals surface area contributed by atoms with E-state index in [4.69, 9.17) is 16.3 Å². The number of hydrogen-bond donors (Lipinski definition) is 1. The number of ether oxygens (including phenoxy) is 1. The lowest BCUT2D eigenvalue weighted by Crippen LogP contribution is -2.31. The average molecular weight is 294 g/mol. The Bertz CT molecular complexity index is 611. The number of hydrogen-bond acceptors (Lipinski definition) is 3. The van der Waals surface area contributed by atoms with Crippen LogP contribution < -0.4 is 10.1 Å². The molecule has 0 aliphatic carbocycles. The Labute approximate surface area is 120 Å². The molecule has 0 fully saturated rings. The number of thiophene rings is 1. The van der Waals surface area contributed by atoms with Gasteiger partial charge in [0.15, 0.2) is 0 Å². The van der Waals surface area contributed by atoms with Gasteiger partial charge in [-0.25, -0.2) is 0 Å². The van der Waals surface area contributed by atoms with Gasteiger partial charge in [0.05, 0.1) is 21.9 Å². The van der Waals surface area contributed by atoms with Gasteiger partial charge in [0.2, 0.25) is 0 Å². The summed E-state index contributed by atoms with van der Waals surface area (Å²) in [4.78, 5) is 12.8. The molecule has 2 aromatic rings. The number of halogens is 1. The van der Waals surface area contributed by atoms with E-state index in [1.807, 2.05) is 24.3 Å². The van der Waals surface area contributed by atoms with Gasteiger partial charge in [-0.05, 0) is 18.2 Å². The van der Waals surface area contributed by atoms with Crippen LogP contribution in [0.5, 0.6) is 5.75 Å². The van der Waals surface area contributed by atoms with E-state index in [2.05, 4.69) is 5.32 Å². The van der Waals surface area contributed by atoms with E-state index in [0.717, 1.165) is 17.7 Å². The third-order valence-corrected chi connectivity index (χ3v) is 4.29. The maximum atomic E-state index is 12.1. The average Bonchev–Trinajstić information content (AvgIpc) is 2.86. The normalized spacial score (nSPS) is 17.4. The Morgan fingerprint density at radius 2 is 2.16 bits per heavy atom. The van der Waals surface area contributed by atoms with Crippen LogP contribution >= 0.6 is 22.9 Å². The van der Waals surface area contributed by atoms with Crippen LogP contribution in [0.1, 0.15) is 27.7 Å². The molecule has 2 heterocycles. The second-order valence-electron chi connectivity index (χ2n) is 4.30. The van der Waals surface area contributed by atoms with Crippen LogP contribution in [-0.2, 0) is 0 Å². The van der Waals surface area contributed by atoms with Crippen molar-refractivity contribution in [2.75, 3.05) is 6.61 Å². The van der Waals surface area contributed by atoms with E-state index in [1.54, 1.807) is 12.1 Å². The summed E-state index contributed by atoms with van der Waals surface area (Å²) in [6.45, 7) is 0.618. The fraction of sp³-hybridized carbons (Fsp3) is 0.214. The van der Waals surface area contributed by atoms with Crippen molar-refractivity contribution in [2.24, 2.45) is 0 Å². The molecule has 0 bridgehead atoms. The smallest absolute Gasteiger partial charge is 0.261 e. The number of carbonyl (C=O) groups excluding carboxylic acids is 1. The Balaban J connectivity index is 1.79. The first-order valence-corrected chi connectivity index (χ1v) is 7.21. The minimum Gasteiger partial charge on any atom is -0.493 e. The summed E-state index contributed by atoms with van der Waals surface area (Å²) >= 11 is 7.13. The molecule has 3 nitrogen and oxygen atoms in total. The molecule has 1 aromatic carbocycles. The Kier molecular flexibility index (Phi) is 3.44. The standard InChI is InChI=1S/C14H12ClNO2S/c15-13-6-5-12(19-13)14(17)16-10-7-8-18-11-4-2-1-3-9(10)11/h1-6,10H,7-8H2,(H,16,17)/t10-/m0/s1. The minimum atomic E-state index is -0.0846. The highest BCUT2D eigenvalue weighted by Gasteiger charge is 2.23. The summed E-state index contributed by atoms with van der Waals surface area (Å²) in [7, 11) is 0. The van der Waals surface area contributed by atoms with Crippen LogP contribution in [0.4, 0.5) is 0 Å². The lowest BCUT2D eigenvalue weighted by molar-refractivity contribution is 0.0929. The molecular formula is C14H12ClNO2S. The van der Waals surface area contributed by atoms with Crippen molar-refractivity contribution in [3.05, 3.63) is 51.2 Å². The van der Waals surface area contributed by atoms with Gasteiger partial charge < -0.3 is 10.1 Å². The van der Waals surface area contributed by atoms with Gasteiger partial charge in [-0.3, -0.25) is 4.79 Å². The number of benzene rings is 1. The maximum absolute atomic E-state index is 12.1. The van der Waals surface area contributed by atoms with Gasteiger partial charge in [0.25, 0.3) is 5.91 Å². The largest absolute Gasteiger partial charge is 0.493 e. The molecule has 1 aliphatic heterocycles. The monoisotopic (exact) mass is 293 g/mol. The van der Waals surface area contributed by atoms with Gasteiger partial charge in [-0.2, -0.15) is 0 Å². The van der Waals surface area contributed by atoms with Crippen LogP contribution in [0, 0.1) is 0 Å². The summed E-state index contributed by atoms with van der Waals surface area (Å²) < 4.78 is 6.20. The second kappa shape index (κ2) is 5.23. The van der Waals surface area contributed by atoms with Crippen LogP contribution in [0.3, 0.4) is 0 Å². The summed E-state index contributed by atoms with van der Waals surface area (Å²) in [5.74, 6) is 0.766. The molecule has 1 aromatic heterocycles.